The van der Waals surface area contributed by atoms with Gasteiger partial charge in [0.15, 0.2) is 16.3 Å². The molecule has 0 N–H and O–H groups in total. The van der Waals surface area contributed by atoms with Gasteiger partial charge in [0.25, 0.3) is 5.56 Å². The van der Waals surface area contributed by atoms with E-state index in [2.05, 4.69) is 20.9 Å². The van der Waals surface area contributed by atoms with Gasteiger partial charge in [-0.25, -0.2) is 9.79 Å². The van der Waals surface area contributed by atoms with E-state index in [9.17, 15) is 9.59 Å². The Balaban J connectivity index is 1.92. The molecule has 1 aromatic heterocycles. The molecular weight excluding hydrogens is 544 g/mol. The largest absolute Gasteiger partial charge is 0.493 e. The molecule has 188 valence electrons. The molecule has 7 nitrogen and oxygen atoms in total. The third-order valence-electron chi connectivity index (χ3n) is 5.75. The van der Waals surface area contributed by atoms with Crippen molar-refractivity contribution < 1.29 is 19.0 Å². The number of thiazole rings is 1. The number of ether oxygens (including phenoxy) is 3. The monoisotopic (exact) mass is 570 g/mol. The van der Waals surface area contributed by atoms with Crippen LogP contribution in [-0.4, -0.2) is 30.9 Å². The van der Waals surface area contributed by atoms with Gasteiger partial charge < -0.3 is 14.2 Å². The van der Waals surface area contributed by atoms with Crippen molar-refractivity contribution in [1.82, 2.24) is 4.57 Å². The molecule has 1 aliphatic heterocycles. The van der Waals surface area contributed by atoms with Crippen LogP contribution in [0.4, 0.5) is 0 Å². The fraction of sp³-hybridized carbons (Fsp3) is 0.296. The molecule has 0 spiro atoms. The highest BCUT2D eigenvalue weighted by Crippen LogP contribution is 2.37. The molecule has 2 aromatic carbocycles. The number of hydrogen-bond donors (Lipinski definition) is 0. The van der Waals surface area contributed by atoms with Crippen LogP contribution in [0, 0.1) is 6.92 Å². The van der Waals surface area contributed by atoms with E-state index >= 15 is 0 Å². The van der Waals surface area contributed by atoms with Crippen molar-refractivity contribution in [1.29, 1.82) is 0 Å². The van der Waals surface area contributed by atoms with Gasteiger partial charge in [0.1, 0.15) is 0 Å². The first kappa shape index (κ1) is 25.9. The highest BCUT2D eigenvalue weighted by atomic mass is 79.9. The van der Waals surface area contributed by atoms with Crippen LogP contribution in [0.15, 0.2) is 61.9 Å². The number of esters is 1. The summed E-state index contributed by atoms with van der Waals surface area (Å²) in [5, 5.41) is 0. The molecule has 2 heterocycles. The maximum atomic E-state index is 13.7. The molecule has 0 bridgehead atoms. The fourth-order valence-electron chi connectivity index (χ4n) is 4.11. The minimum Gasteiger partial charge on any atom is -0.493 e. The number of carbonyl (C=O) groups is 1. The van der Waals surface area contributed by atoms with Crippen molar-refractivity contribution in [2.75, 3.05) is 20.3 Å². The fourth-order valence-corrected chi connectivity index (χ4v) is 5.74. The summed E-state index contributed by atoms with van der Waals surface area (Å²) in [6.07, 6.45) is 1.79. The summed E-state index contributed by atoms with van der Waals surface area (Å²) in [7, 11) is 1.57. The van der Waals surface area contributed by atoms with E-state index in [0.717, 1.165) is 21.2 Å². The Kier molecular flexibility index (Phi) is 7.80. The summed E-state index contributed by atoms with van der Waals surface area (Å²) in [5.74, 6) is 0.690. The summed E-state index contributed by atoms with van der Waals surface area (Å²) in [6.45, 7) is 8.15. The Morgan fingerprint density at radius 2 is 1.89 bits per heavy atom. The molecule has 9 heteroatoms. The van der Waals surface area contributed by atoms with Crippen molar-refractivity contribution in [3.05, 3.63) is 88.5 Å². The molecule has 1 atom stereocenters. The number of hydrogen-bond acceptors (Lipinski definition) is 7. The molecule has 0 radical (unpaired) electrons. The SMILES string of the molecule is CCOC(=O)C1=C(C)N=c2s/c(=C\c3cc(Br)c(OCC)c(OC)c3)c(=O)n2[C@@H]1c1ccc(C)cc1. The maximum Gasteiger partial charge on any atom is 0.338 e. The van der Waals surface area contributed by atoms with E-state index in [1.807, 2.05) is 50.2 Å². The van der Waals surface area contributed by atoms with Crippen molar-refractivity contribution >= 4 is 39.3 Å². The standard InChI is InChI=1S/C27H27BrN2O5S/c1-6-34-24-19(28)12-17(13-20(24)33-5)14-21-25(31)30-23(18-10-8-15(3)9-11-18)22(26(32)35-7-2)16(4)29-27(30)36-21/h8-14,23H,6-7H2,1-5H3/b21-14-/t23-/m1/s1. The van der Waals surface area contributed by atoms with Crippen molar-refractivity contribution in [3.63, 3.8) is 0 Å². The molecule has 0 saturated heterocycles. The van der Waals surface area contributed by atoms with Gasteiger partial charge in [0.05, 0.1) is 46.6 Å². The van der Waals surface area contributed by atoms with E-state index in [1.54, 1.807) is 31.6 Å². The Morgan fingerprint density at radius 1 is 1.17 bits per heavy atom. The zero-order valence-electron chi connectivity index (χ0n) is 20.8. The molecule has 0 saturated carbocycles. The molecule has 0 aliphatic carbocycles. The number of nitrogens with zero attached hydrogens (tertiary/aromatic N) is 2. The van der Waals surface area contributed by atoms with E-state index in [0.29, 0.717) is 38.7 Å². The number of aryl methyl sites for hydroxylation is 1. The van der Waals surface area contributed by atoms with Crippen molar-refractivity contribution in [2.24, 2.45) is 4.99 Å². The van der Waals surface area contributed by atoms with Crippen LogP contribution in [0.25, 0.3) is 6.08 Å². The van der Waals surface area contributed by atoms with Crippen molar-refractivity contribution in [2.45, 2.75) is 33.7 Å². The normalized spacial score (nSPS) is 15.4. The molecule has 0 amide bonds. The lowest BCUT2D eigenvalue weighted by atomic mass is 9.95. The molecule has 1 aliphatic rings. The van der Waals surface area contributed by atoms with Gasteiger partial charge in [-0.15, -0.1) is 0 Å². The number of halogens is 1. The van der Waals surface area contributed by atoms with Gasteiger partial charge in [-0.05, 0) is 73.0 Å². The Labute approximate surface area is 221 Å². The van der Waals surface area contributed by atoms with Crippen LogP contribution < -0.4 is 24.4 Å². The molecular formula is C27H27BrN2O5S. The maximum absolute atomic E-state index is 13.7. The van der Waals surface area contributed by atoms with E-state index in [4.69, 9.17) is 14.2 Å². The summed E-state index contributed by atoms with van der Waals surface area (Å²) < 4.78 is 19.3. The lowest BCUT2D eigenvalue weighted by molar-refractivity contribution is -0.139. The van der Waals surface area contributed by atoms with Crippen LogP contribution in [-0.2, 0) is 9.53 Å². The summed E-state index contributed by atoms with van der Waals surface area (Å²) in [6, 6.07) is 10.9. The van der Waals surface area contributed by atoms with Gasteiger partial charge in [-0.2, -0.15) is 0 Å². The molecule has 36 heavy (non-hydrogen) atoms. The number of allylic oxidation sites excluding steroid dienone is 1. The first-order valence-electron chi connectivity index (χ1n) is 11.6. The predicted molar refractivity (Wildman–Crippen MR) is 143 cm³/mol. The smallest absolute Gasteiger partial charge is 0.338 e. The van der Waals surface area contributed by atoms with Crippen LogP contribution >= 0.6 is 27.3 Å². The van der Waals surface area contributed by atoms with Gasteiger partial charge in [-0.3, -0.25) is 9.36 Å². The average molecular weight is 571 g/mol. The highest BCUT2D eigenvalue weighted by molar-refractivity contribution is 9.10. The quantitative estimate of drug-likeness (QED) is 0.396. The highest BCUT2D eigenvalue weighted by Gasteiger charge is 2.33. The number of carbonyl (C=O) groups excluding carboxylic acids is 1. The summed E-state index contributed by atoms with van der Waals surface area (Å²) in [5.41, 5.74) is 3.33. The topological polar surface area (TPSA) is 79.1 Å². The van der Waals surface area contributed by atoms with Crippen LogP contribution in [0.2, 0.25) is 0 Å². The van der Waals surface area contributed by atoms with Gasteiger partial charge >= 0.3 is 5.97 Å². The molecule has 3 aromatic rings. The van der Waals surface area contributed by atoms with Crippen molar-refractivity contribution in [3.8, 4) is 11.5 Å². The minimum atomic E-state index is -0.635. The number of benzene rings is 2. The third kappa shape index (κ3) is 4.90. The van der Waals surface area contributed by atoms with Gasteiger partial charge in [0.2, 0.25) is 0 Å². The van der Waals surface area contributed by atoms with E-state index in [1.165, 1.54) is 11.3 Å². The molecule has 0 fully saturated rings. The number of aromatic nitrogens is 1. The zero-order chi connectivity index (χ0) is 26.0. The van der Waals surface area contributed by atoms with Crippen LogP contribution in [0.3, 0.4) is 0 Å². The van der Waals surface area contributed by atoms with E-state index < -0.39 is 12.0 Å². The average Bonchev–Trinajstić information content (AvgIpc) is 3.14. The van der Waals surface area contributed by atoms with Crippen LogP contribution in [0.5, 0.6) is 11.5 Å². The number of methoxy groups -OCH3 is 1. The first-order chi connectivity index (χ1) is 17.3. The number of rotatable bonds is 7. The first-order valence-corrected chi connectivity index (χ1v) is 13.2. The zero-order valence-corrected chi connectivity index (χ0v) is 23.2. The lowest BCUT2D eigenvalue weighted by Crippen LogP contribution is -2.39. The van der Waals surface area contributed by atoms with Gasteiger partial charge in [-0.1, -0.05) is 41.2 Å². The lowest BCUT2D eigenvalue weighted by Gasteiger charge is -2.24. The minimum absolute atomic E-state index is 0.231. The third-order valence-corrected chi connectivity index (χ3v) is 7.32. The molecule has 4 rings (SSSR count). The van der Waals surface area contributed by atoms with E-state index in [-0.39, 0.29) is 12.2 Å². The van der Waals surface area contributed by atoms with Gasteiger partial charge in [0, 0.05) is 0 Å². The Hall–Kier alpha value is -3.17. The summed E-state index contributed by atoms with van der Waals surface area (Å²) in [4.78, 5) is 31.9. The second-order valence-electron chi connectivity index (χ2n) is 8.18. The molecule has 0 unspecified atom stereocenters. The predicted octanol–water partition coefficient (Wildman–Crippen LogP) is 4.28. The second kappa shape index (κ2) is 10.8. The van der Waals surface area contributed by atoms with Crippen LogP contribution in [0.1, 0.15) is 43.5 Å². The number of fused-ring (bicyclic) bond motifs is 1. The Morgan fingerprint density at radius 3 is 2.53 bits per heavy atom. The second-order valence-corrected chi connectivity index (χ2v) is 10.0. The Bertz CT molecular complexity index is 1520. The summed E-state index contributed by atoms with van der Waals surface area (Å²) >= 11 is 4.82.